The van der Waals surface area contributed by atoms with Crippen molar-refractivity contribution in [2.24, 2.45) is 0 Å². The van der Waals surface area contributed by atoms with Crippen LogP contribution in [0.4, 0.5) is 17.6 Å². The predicted octanol–water partition coefficient (Wildman–Crippen LogP) is 3.45. The Bertz CT molecular complexity index is 432. The monoisotopic (exact) mass is 232 g/mol. The van der Waals surface area contributed by atoms with Gasteiger partial charge < -0.3 is 0 Å². The zero-order valence-electron chi connectivity index (χ0n) is 8.31. The van der Waals surface area contributed by atoms with Gasteiger partial charge in [0.15, 0.2) is 5.78 Å². The molecule has 0 saturated carbocycles. The van der Waals surface area contributed by atoms with Gasteiger partial charge in [-0.05, 0) is 30.7 Å². The number of allylic oxidation sites excluding steroid dienone is 1. The van der Waals surface area contributed by atoms with E-state index in [0.29, 0.717) is 6.07 Å². The Labute approximate surface area is 89.4 Å². The lowest BCUT2D eigenvalue weighted by Crippen LogP contribution is -2.07. The summed E-state index contributed by atoms with van der Waals surface area (Å²) < 4.78 is 50.1. The van der Waals surface area contributed by atoms with Gasteiger partial charge in [-0.1, -0.05) is 12.1 Å². The van der Waals surface area contributed by atoms with Crippen LogP contribution in [-0.2, 0) is 11.0 Å². The Kier molecular flexibility index (Phi) is 3.47. The molecule has 0 heterocycles. The Morgan fingerprint density at radius 3 is 2.44 bits per heavy atom. The fourth-order valence-electron chi connectivity index (χ4n) is 1.13. The Hall–Kier alpha value is -1.65. The lowest BCUT2D eigenvalue weighted by atomic mass is 10.1. The second-order valence-electron chi connectivity index (χ2n) is 3.17. The summed E-state index contributed by atoms with van der Waals surface area (Å²) >= 11 is 0. The van der Waals surface area contributed by atoms with E-state index in [1.54, 1.807) is 0 Å². The van der Waals surface area contributed by atoms with Crippen LogP contribution < -0.4 is 0 Å². The van der Waals surface area contributed by atoms with Crippen LogP contribution in [0.15, 0.2) is 24.3 Å². The maximum absolute atomic E-state index is 12.7. The van der Waals surface area contributed by atoms with Crippen LogP contribution in [0.3, 0.4) is 0 Å². The van der Waals surface area contributed by atoms with Gasteiger partial charge in [0.1, 0.15) is 5.82 Å². The van der Waals surface area contributed by atoms with Gasteiger partial charge in [0.25, 0.3) is 0 Å². The van der Waals surface area contributed by atoms with E-state index in [2.05, 4.69) is 0 Å². The van der Waals surface area contributed by atoms with Gasteiger partial charge >= 0.3 is 6.18 Å². The molecule has 0 spiro atoms. The number of halogens is 4. The SMILES string of the molecule is CC(=O)C=Cc1ccc(F)cc1C(F)(F)F. The van der Waals surface area contributed by atoms with Crippen LogP contribution in [0.1, 0.15) is 18.1 Å². The fourth-order valence-corrected chi connectivity index (χ4v) is 1.13. The number of ketones is 1. The number of carbonyl (C=O) groups excluding carboxylic acids is 1. The van der Waals surface area contributed by atoms with Gasteiger partial charge in [0, 0.05) is 0 Å². The van der Waals surface area contributed by atoms with Gasteiger partial charge in [-0.2, -0.15) is 13.2 Å². The van der Waals surface area contributed by atoms with E-state index >= 15 is 0 Å². The van der Waals surface area contributed by atoms with Crippen molar-refractivity contribution >= 4 is 11.9 Å². The van der Waals surface area contributed by atoms with Crippen molar-refractivity contribution < 1.29 is 22.4 Å². The molecule has 0 atom stereocenters. The maximum Gasteiger partial charge on any atom is 0.417 e. The molecular weight excluding hydrogens is 224 g/mol. The van der Waals surface area contributed by atoms with Crippen molar-refractivity contribution in [3.63, 3.8) is 0 Å². The highest BCUT2D eigenvalue weighted by atomic mass is 19.4. The minimum absolute atomic E-state index is 0.232. The van der Waals surface area contributed by atoms with Gasteiger partial charge in [0.2, 0.25) is 0 Å². The molecule has 86 valence electrons. The molecule has 16 heavy (non-hydrogen) atoms. The third-order valence-electron chi connectivity index (χ3n) is 1.82. The topological polar surface area (TPSA) is 17.1 Å². The fraction of sp³-hybridized carbons (Fsp3) is 0.182. The standard InChI is InChI=1S/C11H8F4O/c1-7(16)2-3-8-4-5-9(12)6-10(8)11(13,14)15/h2-6H,1H3. The summed E-state index contributed by atoms with van der Waals surface area (Å²) in [5.74, 6) is -1.34. The molecular formula is C11H8F4O. The lowest BCUT2D eigenvalue weighted by Gasteiger charge is -2.09. The summed E-state index contributed by atoms with van der Waals surface area (Å²) in [6, 6.07) is 2.30. The van der Waals surface area contributed by atoms with Gasteiger partial charge in [-0.15, -0.1) is 0 Å². The molecule has 0 unspecified atom stereocenters. The number of benzene rings is 1. The molecule has 5 heteroatoms. The molecule has 0 bridgehead atoms. The number of carbonyl (C=O) groups is 1. The van der Waals surface area contributed by atoms with Crippen molar-refractivity contribution in [3.05, 3.63) is 41.2 Å². The lowest BCUT2D eigenvalue weighted by molar-refractivity contribution is -0.138. The van der Waals surface area contributed by atoms with Crippen LogP contribution in [-0.4, -0.2) is 5.78 Å². The average molecular weight is 232 g/mol. The number of alkyl halides is 3. The summed E-state index contributed by atoms with van der Waals surface area (Å²) in [6.07, 6.45) is -2.62. The molecule has 1 aromatic carbocycles. The summed E-state index contributed by atoms with van der Waals surface area (Å²) in [4.78, 5) is 10.6. The molecule has 0 amide bonds. The van der Waals surface area contributed by atoms with E-state index in [4.69, 9.17) is 0 Å². The van der Waals surface area contributed by atoms with Crippen molar-refractivity contribution in [1.82, 2.24) is 0 Å². The van der Waals surface area contributed by atoms with Crippen LogP contribution >= 0.6 is 0 Å². The van der Waals surface area contributed by atoms with Crippen LogP contribution in [0, 0.1) is 5.82 Å². The molecule has 1 rings (SSSR count). The Morgan fingerprint density at radius 2 is 1.94 bits per heavy atom. The minimum Gasteiger partial charge on any atom is -0.295 e. The highest BCUT2D eigenvalue weighted by Crippen LogP contribution is 2.33. The number of hydrogen-bond donors (Lipinski definition) is 0. The molecule has 0 fully saturated rings. The first-order valence-corrected chi connectivity index (χ1v) is 4.36. The minimum atomic E-state index is -4.64. The number of hydrogen-bond acceptors (Lipinski definition) is 1. The summed E-state index contributed by atoms with van der Waals surface area (Å²) in [7, 11) is 0. The molecule has 0 saturated heterocycles. The van der Waals surface area contributed by atoms with Crippen molar-refractivity contribution in [2.75, 3.05) is 0 Å². The molecule has 1 nitrogen and oxygen atoms in total. The largest absolute Gasteiger partial charge is 0.417 e. The van der Waals surface area contributed by atoms with Gasteiger partial charge in [-0.25, -0.2) is 4.39 Å². The molecule has 0 aliphatic carbocycles. The quantitative estimate of drug-likeness (QED) is 0.563. The first-order chi connectivity index (χ1) is 7.30. The molecule has 0 aliphatic rings. The molecule has 1 aromatic rings. The van der Waals surface area contributed by atoms with Crippen molar-refractivity contribution in [3.8, 4) is 0 Å². The van der Waals surface area contributed by atoms with E-state index in [1.165, 1.54) is 6.92 Å². The zero-order valence-corrected chi connectivity index (χ0v) is 8.31. The predicted molar refractivity (Wildman–Crippen MR) is 51.1 cm³/mol. The highest BCUT2D eigenvalue weighted by molar-refractivity contribution is 5.91. The van der Waals surface area contributed by atoms with E-state index in [-0.39, 0.29) is 11.3 Å². The third-order valence-corrected chi connectivity index (χ3v) is 1.82. The number of rotatable bonds is 2. The zero-order chi connectivity index (χ0) is 12.3. The highest BCUT2D eigenvalue weighted by Gasteiger charge is 2.33. The van der Waals surface area contributed by atoms with Crippen molar-refractivity contribution in [1.29, 1.82) is 0 Å². The molecule has 0 radical (unpaired) electrons. The maximum atomic E-state index is 12.7. The summed E-state index contributed by atoms with van der Waals surface area (Å²) in [5.41, 5.74) is -1.32. The first-order valence-electron chi connectivity index (χ1n) is 4.36. The second-order valence-corrected chi connectivity index (χ2v) is 3.17. The van der Waals surface area contributed by atoms with Crippen LogP contribution in [0.2, 0.25) is 0 Å². The van der Waals surface area contributed by atoms with E-state index in [1.807, 2.05) is 0 Å². The Balaban J connectivity index is 3.23. The summed E-state index contributed by atoms with van der Waals surface area (Å²) in [6.45, 7) is 1.22. The normalized spacial score (nSPS) is 12.1. The van der Waals surface area contributed by atoms with Crippen LogP contribution in [0.5, 0.6) is 0 Å². The van der Waals surface area contributed by atoms with Crippen molar-refractivity contribution in [2.45, 2.75) is 13.1 Å². The molecule has 0 aliphatic heterocycles. The second kappa shape index (κ2) is 4.47. The Morgan fingerprint density at radius 1 is 1.31 bits per heavy atom. The molecule has 0 N–H and O–H groups in total. The first kappa shape index (κ1) is 12.4. The van der Waals surface area contributed by atoms with Gasteiger partial charge in [0.05, 0.1) is 5.56 Å². The van der Waals surface area contributed by atoms with E-state index in [0.717, 1.165) is 24.3 Å². The smallest absolute Gasteiger partial charge is 0.295 e. The van der Waals surface area contributed by atoms with E-state index in [9.17, 15) is 22.4 Å². The summed E-state index contributed by atoms with van der Waals surface area (Å²) in [5, 5.41) is 0. The van der Waals surface area contributed by atoms with E-state index < -0.39 is 17.6 Å². The third kappa shape index (κ3) is 3.18. The van der Waals surface area contributed by atoms with Gasteiger partial charge in [-0.3, -0.25) is 4.79 Å². The average Bonchev–Trinajstić information content (AvgIpc) is 2.14. The van der Waals surface area contributed by atoms with Crippen LogP contribution in [0.25, 0.3) is 6.08 Å². The molecule has 0 aromatic heterocycles.